The van der Waals surface area contributed by atoms with E-state index in [0.29, 0.717) is 33.9 Å². The minimum atomic E-state index is -3.74. The highest BCUT2D eigenvalue weighted by atomic mass is 32.2. The summed E-state index contributed by atoms with van der Waals surface area (Å²) in [6, 6.07) is 15.0. The van der Waals surface area contributed by atoms with Crippen molar-refractivity contribution in [1.82, 2.24) is 0 Å². The van der Waals surface area contributed by atoms with Crippen molar-refractivity contribution >= 4 is 10.0 Å². The first-order chi connectivity index (χ1) is 15.3. The topological polar surface area (TPSA) is 87.8 Å². The molecule has 0 saturated heterocycles. The van der Waals surface area contributed by atoms with Crippen molar-refractivity contribution in [3.05, 3.63) is 89.8 Å². The molecule has 1 atom stereocenters. The maximum absolute atomic E-state index is 14.4. The minimum Gasteiger partial charge on any atom is -0.496 e. The number of rotatable bonds is 7. The van der Waals surface area contributed by atoms with Crippen LogP contribution in [0.2, 0.25) is 0 Å². The summed E-state index contributed by atoms with van der Waals surface area (Å²) in [6.07, 6.45) is 0.866. The Labute approximate surface area is 186 Å². The number of primary sulfonamides is 1. The van der Waals surface area contributed by atoms with Gasteiger partial charge < -0.3 is 14.2 Å². The number of nitrogens with two attached hydrogens (primary N) is 1. The van der Waals surface area contributed by atoms with Crippen molar-refractivity contribution in [3.63, 3.8) is 0 Å². The van der Waals surface area contributed by atoms with E-state index in [4.69, 9.17) is 19.3 Å². The zero-order valence-electron chi connectivity index (χ0n) is 17.4. The fourth-order valence-electron chi connectivity index (χ4n) is 3.84. The van der Waals surface area contributed by atoms with Crippen LogP contribution in [0.25, 0.3) is 11.1 Å². The summed E-state index contributed by atoms with van der Waals surface area (Å²) in [5.41, 5.74) is 3.22. The van der Waals surface area contributed by atoms with Gasteiger partial charge >= 0.3 is 0 Å². The number of sulfonamides is 1. The quantitative estimate of drug-likeness (QED) is 0.536. The third-order valence-corrected chi connectivity index (χ3v) is 5.79. The number of methoxy groups -OCH3 is 1. The Morgan fingerprint density at radius 1 is 1.19 bits per heavy atom. The second-order valence-corrected chi connectivity index (χ2v) is 8.99. The predicted octanol–water partition coefficient (Wildman–Crippen LogP) is 4.34. The Kier molecular flexibility index (Phi) is 5.90. The van der Waals surface area contributed by atoms with Gasteiger partial charge in [0.1, 0.15) is 35.8 Å². The van der Waals surface area contributed by atoms with Crippen LogP contribution in [0.5, 0.6) is 17.2 Å². The van der Waals surface area contributed by atoms with Crippen LogP contribution in [0.15, 0.2) is 67.3 Å². The van der Waals surface area contributed by atoms with Gasteiger partial charge in [-0.05, 0) is 35.4 Å². The van der Waals surface area contributed by atoms with Gasteiger partial charge in [-0.25, -0.2) is 17.9 Å². The SMILES string of the molecule is C=CCOc1cc(F)cc(C2Oc3cccc(OC)c3-c3ccc(CS(N)(=O)=O)cc32)c1. The molecule has 1 heterocycles. The van der Waals surface area contributed by atoms with Gasteiger partial charge in [0.2, 0.25) is 10.0 Å². The van der Waals surface area contributed by atoms with E-state index in [0.717, 1.165) is 11.1 Å². The molecule has 8 heteroatoms. The fourth-order valence-corrected chi connectivity index (χ4v) is 4.48. The molecule has 1 aliphatic rings. The van der Waals surface area contributed by atoms with Gasteiger partial charge in [-0.2, -0.15) is 0 Å². The van der Waals surface area contributed by atoms with Crippen LogP contribution >= 0.6 is 0 Å². The summed E-state index contributed by atoms with van der Waals surface area (Å²) in [5, 5.41) is 5.24. The van der Waals surface area contributed by atoms with Crippen LogP contribution in [-0.4, -0.2) is 22.1 Å². The highest BCUT2D eigenvalue weighted by Gasteiger charge is 2.31. The van der Waals surface area contributed by atoms with Crippen LogP contribution in [0.3, 0.4) is 0 Å². The molecule has 2 N–H and O–H groups in total. The zero-order chi connectivity index (χ0) is 22.9. The Morgan fingerprint density at radius 3 is 2.72 bits per heavy atom. The third-order valence-electron chi connectivity index (χ3n) is 5.05. The molecular weight excluding hydrogens is 433 g/mol. The molecule has 0 aromatic heterocycles. The van der Waals surface area contributed by atoms with Gasteiger partial charge in [-0.15, -0.1) is 0 Å². The summed E-state index contributed by atoms with van der Waals surface area (Å²) in [7, 11) is -2.18. The summed E-state index contributed by atoms with van der Waals surface area (Å²) >= 11 is 0. The van der Waals surface area contributed by atoms with Crippen LogP contribution < -0.4 is 19.3 Å². The van der Waals surface area contributed by atoms with E-state index in [9.17, 15) is 12.8 Å². The molecule has 6 nitrogen and oxygen atoms in total. The monoisotopic (exact) mass is 455 g/mol. The maximum atomic E-state index is 14.4. The molecule has 0 spiro atoms. The number of hydrogen-bond donors (Lipinski definition) is 1. The van der Waals surface area contributed by atoms with E-state index < -0.39 is 21.9 Å². The van der Waals surface area contributed by atoms with Gasteiger partial charge in [-0.1, -0.05) is 36.9 Å². The molecule has 3 aromatic rings. The van der Waals surface area contributed by atoms with E-state index in [1.54, 1.807) is 49.6 Å². The fraction of sp³-hybridized carbons (Fsp3) is 0.167. The van der Waals surface area contributed by atoms with Gasteiger partial charge in [-0.3, -0.25) is 0 Å². The maximum Gasteiger partial charge on any atom is 0.213 e. The second kappa shape index (κ2) is 8.64. The Bertz CT molecular complexity index is 1290. The van der Waals surface area contributed by atoms with Crippen molar-refractivity contribution in [3.8, 4) is 28.4 Å². The lowest BCUT2D eigenvalue weighted by atomic mass is 9.88. The Morgan fingerprint density at radius 2 is 2.00 bits per heavy atom. The molecular formula is C24H22FNO5S. The smallest absolute Gasteiger partial charge is 0.213 e. The lowest BCUT2D eigenvalue weighted by molar-refractivity contribution is 0.240. The summed E-state index contributed by atoms with van der Waals surface area (Å²) in [4.78, 5) is 0. The first-order valence-electron chi connectivity index (χ1n) is 9.80. The van der Waals surface area contributed by atoms with Gasteiger partial charge in [0, 0.05) is 17.2 Å². The van der Waals surface area contributed by atoms with Gasteiger partial charge in [0.25, 0.3) is 0 Å². The molecule has 0 radical (unpaired) electrons. The van der Waals surface area contributed by atoms with Crippen LogP contribution in [0.1, 0.15) is 22.8 Å². The van der Waals surface area contributed by atoms with Gasteiger partial charge in [0.05, 0.1) is 18.4 Å². The first-order valence-corrected chi connectivity index (χ1v) is 11.5. The van der Waals surface area contributed by atoms with Crippen molar-refractivity contribution in [2.24, 2.45) is 5.14 Å². The van der Waals surface area contributed by atoms with Gasteiger partial charge in [0.15, 0.2) is 0 Å². The highest BCUT2D eigenvalue weighted by molar-refractivity contribution is 7.88. The normalized spacial score (nSPS) is 14.7. The zero-order valence-corrected chi connectivity index (χ0v) is 18.2. The van der Waals surface area contributed by atoms with Crippen LogP contribution in [0, 0.1) is 5.82 Å². The number of fused-ring (bicyclic) bond motifs is 3. The Hall–Kier alpha value is -3.36. The molecule has 1 aliphatic heterocycles. The minimum absolute atomic E-state index is 0.226. The second-order valence-electron chi connectivity index (χ2n) is 7.38. The standard InChI is InChI=1S/C24H22FNO5S/c1-3-9-30-18-12-16(11-17(25)13-18)24-20-10-15(14-32(26,27)28)7-8-19(20)23-21(29-2)5-4-6-22(23)31-24/h3-8,10-13,24H,1,9,14H2,2H3,(H2,26,27,28). The Balaban J connectivity index is 1.89. The summed E-state index contributed by atoms with van der Waals surface area (Å²) in [6.45, 7) is 3.83. The third kappa shape index (κ3) is 4.46. The molecule has 1 unspecified atom stereocenters. The summed E-state index contributed by atoms with van der Waals surface area (Å²) in [5.74, 6) is 0.698. The lowest BCUT2D eigenvalue weighted by Crippen LogP contribution is -2.18. The molecule has 3 aromatic carbocycles. The van der Waals surface area contributed by atoms with E-state index in [1.807, 2.05) is 6.07 Å². The average Bonchev–Trinajstić information content (AvgIpc) is 2.75. The molecule has 0 saturated carbocycles. The highest BCUT2D eigenvalue weighted by Crippen LogP contribution is 2.49. The first kappa shape index (κ1) is 21.9. The van der Waals surface area contributed by atoms with E-state index in [-0.39, 0.29) is 12.4 Å². The van der Waals surface area contributed by atoms with Crippen LogP contribution in [-0.2, 0) is 15.8 Å². The molecule has 0 bridgehead atoms. The van der Waals surface area contributed by atoms with Crippen molar-refractivity contribution in [1.29, 1.82) is 0 Å². The molecule has 0 fully saturated rings. The van der Waals surface area contributed by atoms with Crippen molar-refractivity contribution in [2.75, 3.05) is 13.7 Å². The number of ether oxygens (including phenoxy) is 3. The number of benzene rings is 3. The lowest BCUT2D eigenvalue weighted by Gasteiger charge is -2.30. The van der Waals surface area contributed by atoms with Crippen LogP contribution in [0.4, 0.5) is 4.39 Å². The number of halogens is 1. The van der Waals surface area contributed by atoms with E-state index in [1.165, 1.54) is 12.1 Å². The van der Waals surface area contributed by atoms with E-state index in [2.05, 4.69) is 6.58 Å². The largest absolute Gasteiger partial charge is 0.496 e. The molecule has 0 aliphatic carbocycles. The number of hydrogen-bond acceptors (Lipinski definition) is 5. The van der Waals surface area contributed by atoms with E-state index >= 15 is 0 Å². The van der Waals surface area contributed by atoms with Crippen molar-refractivity contribution < 1.29 is 27.0 Å². The molecule has 32 heavy (non-hydrogen) atoms. The summed E-state index contributed by atoms with van der Waals surface area (Å²) < 4.78 is 55.1. The molecule has 166 valence electrons. The van der Waals surface area contributed by atoms with Crippen molar-refractivity contribution in [2.45, 2.75) is 11.9 Å². The predicted molar refractivity (Wildman–Crippen MR) is 120 cm³/mol. The average molecular weight is 456 g/mol. The molecule has 4 rings (SSSR count). The molecule has 0 amide bonds.